The largest absolute Gasteiger partial charge is 0.463 e. The Hall–Kier alpha value is -1.85. The van der Waals surface area contributed by atoms with E-state index in [0.29, 0.717) is 31.3 Å². The fraction of sp³-hybridized carbons (Fsp3) is 0.839. The standard InChI is InChI=1S/C31H46O10/c1-15-17(24(36)14-40-27(15)37)10-26(41-16(2)32)30(5,38)25-7-9-31(39)19-11-21(33)20-12-22(34)23(35)13-28(20,3)18(19)6-8-29(25,31)4/h11,15,17-18,20,22-26,34-36,38-39H,6-10,12-14H2,1-5H3/t15-,17-,18-,20-,22+,23-,24-,25-,26+,28+,29+,30+,31?/m0/s1. The van der Waals surface area contributed by atoms with Gasteiger partial charge in [0.2, 0.25) is 0 Å². The van der Waals surface area contributed by atoms with E-state index in [1.807, 2.05) is 13.8 Å². The van der Waals surface area contributed by atoms with Crippen LogP contribution in [-0.2, 0) is 23.9 Å². The number of fused-ring (bicyclic) bond motifs is 5. The van der Waals surface area contributed by atoms with Crippen LogP contribution in [0.1, 0.15) is 79.6 Å². The quantitative estimate of drug-likeness (QED) is 0.301. The molecule has 1 heterocycles. The first-order chi connectivity index (χ1) is 19.0. The van der Waals surface area contributed by atoms with Crippen molar-refractivity contribution in [2.75, 3.05) is 6.61 Å². The molecule has 41 heavy (non-hydrogen) atoms. The van der Waals surface area contributed by atoms with Crippen molar-refractivity contribution < 1.29 is 49.4 Å². The van der Waals surface area contributed by atoms with Crippen molar-refractivity contribution in [3.8, 4) is 0 Å². The molecule has 5 N–H and O–H groups in total. The van der Waals surface area contributed by atoms with Gasteiger partial charge in [-0.3, -0.25) is 14.4 Å². The van der Waals surface area contributed by atoms with Gasteiger partial charge in [0.05, 0.1) is 29.8 Å². The average Bonchev–Trinajstić information content (AvgIpc) is 3.17. The molecular formula is C31H46O10. The summed E-state index contributed by atoms with van der Waals surface area (Å²) in [4.78, 5) is 37.9. The SMILES string of the molecule is CC(=O)O[C@H](C[C@H]1[C@H](C)C(=O)OC[C@@H]1O)[C@](C)(O)[C@H]1CCC2(O)C3=CC(=O)[C@@H]4C[C@@H](O)[C@@H](O)C[C@]4(C)[C@H]3CC[C@]12C. The number of aliphatic hydroxyl groups is 5. The van der Waals surface area contributed by atoms with Crippen molar-refractivity contribution in [2.24, 2.45) is 40.4 Å². The van der Waals surface area contributed by atoms with Gasteiger partial charge in [-0.1, -0.05) is 20.8 Å². The summed E-state index contributed by atoms with van der Waals surface area (Å²) in [5.41, 5.74) is -3.88. The second-order valence-electron chi connectivity index (χ2n) is 14.3. The highest BCUT2D eigenvalue weighted by Gasteiger charge is 2.69. The Morgan fingerprint density at radius 3 is 2.46 bits per heavy atom. The number of cyclic esters (lactones) is 1. The molecule has 0 aromatic carbocycles. The molecule has 0 amide bonds. The van der Waals surface area contributed by atoms with E-state index in [0.717, 1.165) is 0 Å². The Morgan fingerprint density at radius 2 is 1.80 bits per heavy atom. The van der Waals surface area contributed by atoms with Crippen LogP contribution in [0.15, 0.2) is 11.6 Å². The third-order valence-electron chi connectivity index (χ3n) is 12.2. The van der Waals surface area contributed by atoms with E-state index in [4.69, 9.17) is 9.47 Å². The van der Waals surface area contributed by atoms with Gasteiger partial charge in [0.15, 0.2) is 5.78 Å². The lowest BCUT2D eigenvalue weighted by molar-refractivity contribution is -0.199. The second-order valence-corrected chi connectivity index (χ2v) is 14.3. The number of carbonyl (C=O) groups excluding carboxylic acids is 3. The van der Waals surface area contributed by atoms with Gasteiger partial charge < -0.3 is 35.0 Å². The van der Waals surface area contributed by atoms with Crippen LogP contribution in [-0.4, -0.2) is 85.5 Å². The first-order valence-electron chi connectivity index (χ1n) is 15.1. The zero-order valence-corrected chi connectivity index (χ0v) is 24.7. The van der Waals surface area contributed by atoms with Crippen LogP contribution in [0.4, 0.5) is 0 Å². The molecule has 0 bridgehead atoms. The van der Waals surface area contributed by atoms with Crippen LogP contribution in [0.2, 0.25) is 0 Å². The summed E-state index contributed by atoms with van der Waals surface area (Å²) >= 11 is 0. The Balaban J connectivity index is 1.48. The van der Waals surface area contributed by atoms with E-state index in [1.165, 1.54) is 6.92 Å². The molecule has 1 unspecified atom stereocenters. The Kier molecular flexibility index (Phi) is 7.55. The molecule has 10 heteroatoms. The number of allylic oxidation sites excluding steroid dienone is 1. The smallest absolute Gasteiger partial charge is 0.309 e. The van der Waals surface area contributed by atoms with Gasteiger partial charge in [0.25, 0.3) is 0 Å². The van der Waals surface area contributed by atoms with E-state index >= 15 is 0 Å². The maximum absolute atomic E-state index is 13.4. The van der Waals surface area contributed by atoms with E-state index in [-0.39, 0.29) is 37.6 Å². The molecule has 1 saturated heterocycles. The first-order valence-corrected chi connectivity index (χ1v) is 15.1. The number of ketones is 1. The lowest BCUT2D eigenvalue weighted by atomic mass is 9.45. The molecule has 5 aliphatic rings. The molecule has 13 atom stereocenters. The fourth-order valence-electron chi connectivity index (χ4n) is 9.68. The van der Waals surface area contributed by atoms with E-state index in [2.05, 4.69) is 0 Å². The van der Waals surface area contributed by atoms with E-state index < -0.39 is 82.1 Å². The third kappa shape index (κ3) is 4.51. The normalized spacial score (nSPS) is 48.1. The number of aliphatic hydroxyl groups excluding tert-OH is 3. The minimum absolute atomic E-state index is 0.0405. The minimum atomic E-state index is -1.63. The lowest BCUT2D eigenvalue weighted by Gasteiger charge is -2.60. The number of hydrogen-bond acceptors (Lipinski definition) is 10. The van der Waals surface area contributed by atoms with Crippen LogP contribution in [0.5, 0.6) is 0 Å². The summed E-state index contributed by atoms with van der Waals surface area (Å²) in [7, 11) is 0. The average molecular weight is 579 g/mol. The van der Waals surface area contributed by atoms with Gasteiger partial charge >= 0.3 is 11.9 Å². The van der Waals surface area contributed by atoms with Crippen molar-refractivity contribution >= 4 is 17.7 Å². The highest BCUT2D eigenvalue weighted by molar-refractivity contribution is 5.95. The van der Waals surface area contributed by atoms with Crippen LogP contribution < -0.4 is 0 Å². The molecule has 230 valence electrons. The van der Waals surface area contributed by atoms with E-state index in [9.17, 15) is 39.9 Å². The monoisotopic (exact) mass is 578 g/mol. The van der Waals surface area contributed by atoms with Gasteiger partial charge in [-0.2, -0.15) is 0 Å². The molecule has 10 nitrogen and oxygen atoms in total. The van der Waals surface area contributed by atoms with Crippen molar-refractivity contribution in [3.05, 3.63) is 11.6 Å². The topological polar surface area (TPSA) is 171 Å². The number of ether oxygens (including phenoxy) is 2. The minimum Gasteiger partial charge on any atom is -0.463 e. The highest BCUT2D eigenvalue weighted by Crippen LogP contribution is 2.68. The third-order valence-corrected chi connectivity index (χ3v) is 12.2. The zero-order valence-electron chi connectivity index (χ0n) is 24.7. The molecule has 3 saturated carbocycles. The highest BCUT2D eigenvalue weighted by atomic mass is 16.6. The molecule has 1 aliphatic heterocycles. The van der Waals surface area contributed by atoms with Crippen LogP contribution in [0.3, 0.4) is 0 Å². The molecular weight excluding hydrogens is 532 g/mol. The van der Waals surface area contributed by atoms with E-state index in [1.54, 1.807) is 19.9 Å². The van der Waals surface area contributed by atoms with Crippen molar-refractivity contribution in [3.63, 3.8) is 0 Å². The van der Waals surface area contributed by atoms with Crippen LogP contribution >= 0.6 is 0 Å². The molecule has 4 aliphatic carbocycles. The molecule has 0 aromatic heterocycles. The first kappa shape index (κ1) is 30.6. The molecule has 4 fully saturated rings. The Bertz CT molecular complexity index is 1130. The zero-order chi connectivity index (χ0) is 30.3. The van der Waals surface area contributed by atoms with Gasteiger partial charge in [0.1, 0.15) is 18.3 Å². The van der Waals surface area contributed by atoms with Crippen LogP contribution in [0, 0.1) is 40.4 Å². The molecule has 5 rings (SSSR count). The number of hydrogen-bond donors (Lipinski definition) is 5. The van der Waals surface area contributed by atoms with Gasteiger partial charge in [-0.25, -0.2) is 0 Å². The molecule has 0 radical (unpaired) electrons. The van der Waals surface area contributed by atoms with Crippen molar-refractivity contribution in [2.45, 2.75) is 115 Å². The molecule has 0 spiro atoms. The summed E-state index contributed by atoms with van der Waals surface area (Å²) < 4.78 is 10.7. The predicted octanol–water partition coefficient (Wildman–Crippen LogP) is 1.43. The number of carbonyl (C=O) groups is 3. The summed E-state index contributed by atoms with van der Waals surface area (Å²) in [6, 6.07) is 0. The molecule has 0 aromatic rings. The van der Waals surface area contributed by atoms with Gasteiger partial charge in [-0.05, 0) is 80.8 Å². The lowest BCUT2D eigenvalue weighted by Crippen LogP contribution is -2.63. The summed E-state index contributed by atoms with van der Waals surface area (Å²) in [5.74, 6) is -3.60. The number of rotatable bonds is 5. The predicted molar refractivity (Wildman–Crippen MR) is 145 cm³/mol. The Morgan fingerprint density at radius 1 is 1.12 bits per heavy atom. The second kappa shape index (κ2) is 10.1. The maximum Gasteiger partial charge on any atom is 0.309 e. The van der Waals surface area contributed by atoms with Gasteiger partial charge in [-0.15, -0.1) is 0 Å². The summed E-state index contributed by atoms with van der Waals surface area (Å²) in [5, 5.41) is 56.2. The Labute approximate surface area is 241 Å². The summed E-state index contributed by atoms with van der Waals surface area (Å²) in [6.45, 7) is 8.24. The fourth-order valence-corrected chi connectivity index (χ4v) is 9.68. The van der Waals surface area contributed by atoms with Crippen molar-refractivity contribution in [1.29, 1.82) is 0 Å². The summed E-state index contributed by atoms with van der Waals surface area (Å²) in [6.07, 6.45) is -0.0194. The maximum atomic E-state index is 13.4. The van der Waals surface area contributed by atoms with Crippen molar-refractivity contribution in [1.82, 2.24) is 0 Å². The van der Waals surface area contributed by atoms with Crippen LogP contribution in [0.25, 0.3) is 0 Å². The van der Waals surface area contributed by atoms with Gasteiger partial charge in [0, 0.05) is 24.2 Å². The number of esters is 2.